The Hall–Kier alpha value is -2.01. The van der Waals surface area contributed by atoms with Crippen molar-refractivity contribution in [3.05, 3.63) is 6.33 Å². The predicted octanol–water partition coefficient (Wildman–Crippen LogP) is -1.91. The van der Waals surface area contributed by atoms with Gasteiger partial charge in [-0.15, -0.1) is 0 Å². The lowest BCUT2D eigenvalue weighted by Gasteiger charge is -2.17. The summed E-state index contributed by atoms with van der Waals surface area (Å²) < 4.78 is 6.96. The number of nitrogens with zero attached hydrogens (tertiary/aromatic N) is 5. The quantitative estimate of drug-likeness (QED) is 0.510. The van der Waals surface area contributed by atoms with Crippen LogP contribution in [0.2, 0.25) is 0 Å². The van der Waals surface area contributed by atoms with Crippen LogP contribution in [0.3, 0.4) is 0 Å². The van der Waals surface area contributed by atoms with Crippen molar-refractivity contribution in [2.45, 2.75) is 24.5 Å². The Kier molecular flexibility index (Phi) is 3.60. The van der Waals surface area contributed by atoms with Crippen LogP contribution in [-0.2, 0) is 4.74 Å². The number of imidazole rings is 1. The molecule has 1 fully saturated rings. The van der Waals surface area contributed by atoms with E-state index in [0.717, 1.165) is 0 Å². The molecule has 0 bridgehead atoms. The lowest BCUT2D eigenvalue weighted by atomic mass is 10.1. The number of aromatic nitrogens is 4. The zero-order chi connectivity index (χ0) is 16.0. The van der Waals surface area contributed by atoms with Gasteiger partial charge in [0.1, 0.15) is 18.3 Å². The second-order valence-electron chi connectivity index (χ2n) is 5.35. The molecular weight excluding hydrogens is 292 g/mol. The highest BCUT2D eigenvalue weighted by Gasteiger charge is 2.44. The van der Waals surface area contributed by atoms with Crippen LogP contribution in [0.1, 0.15) is 6.23 Å². The van der Waals surface area contributed by atoms with Crippen LogP contribution >= 0.6 is 0 Å². The first-order chi connectivity index (χ1) is 10.4. The number of aliphatic hydroxyl groups excluding tert-OH is 3. The molecule has 0 saturated carbocycles. The molecule has 0 spiro atoms. The van der Waals surface area contributed by atoms with Crippen molar-refractivity contribution in [3.63, 3.8) is 0 Å². The molecule has 5 N–H and O–H groups in total. The zero-order valence-corrected chi connectivity index (χ0v) is 12.2. The Labute approximate surface area is 125 Å². The molecule has 4 unspecified atom stereocenters. The Morgan fingerprint density at radius 1 is 1.32 bits per heavy atom. The van der Waals surface area contributed by atoms with E-state index in [1.54, 1.807) is 19.0 Å². The van der Waals surface area contributed by atoms with Gasteiger partial charge in [0.25, 0.3) is 0 Å². The molecular formula is C12H18N6O4. The maximum absolute atomic E-state index is 10.1. The first kappa shape index (κ1) is 14.9. The van der Waals surface area contributed by atoms with Gasteiger partial charge in [-0.3, -0.25) is 4.57 Å². The minimum Gasteiger partial charge on any atom is -0.394 e. The predicted molar refractivity (Wildman–Crippen MR) is 77.1 cm³/mol. The molecule has 1 aliphatic rings. The van der Waals surface area contributed by atoms with E-state index in [9.17, 15) is 15.3 Å². The van der Waals surface area contributed by atoms with E-state index in [0.29, 0.717) is 17.0 Å². The van der Waals surface area contributed by atoms with Crippen LogP contribution in [0.4, 0.5) is 11.8 Å². The van der Waals surface area contributed by atoms with Gasteiger partial charge >= 0.3 is 0 Å². The largest absolute Gasteiger partial charge is 0.394 e. The summed E-state index contributed by atoms with van der Waals surface area (Å²) >= 11 is 0. The van der Waals surface area contributed by atoms with Crippen molar-refractivity contribution < 1.29 is 20.1 Å². The normalized spacial score (nSPS) is 28.4. The Morgan fingerprint density at radius 2 is 2.05 bits per heavy atom. The average Bonchev–Trinajstić information content (AvgIpc) is 3.00. The van der Waals surface area contributed by atoms with Crippen molar-refractivity contribution in [2.75, 3.05) is 31.3 Å². The van der Waals surface area contributed by atoms with Crippen molar-refractivity contribution in [1.82, 2.24) is 19.5 Å². The molecule has 10 nitrogen and oxygen atoms in total. The molecule has 120 valence electrons. The van der Waals surface area contributed by atoms with Crippen LogP contribution in [0, 0.1) is 0 Å². The van der Waals surface area contributed by atoms with Gasteiger partial charge in [-0.25, -0.2) is 4.98 Å². The molecule has 22 heavy (non-hydrogen) atoms. The van der Waals surface area contributed by atoms with Crippen molar-refractivity contribution in [3.8, 4) is 0 Å². The van der Waals surface area contributed by atoms with E-state index in [2.05, 4.69) is 15.0 Å². The number of nitrogens with two attached hydrogens (primary N) is 1. The van der Waals surface area contributed by atoms with Crippen molar-refractivity contribution in [2.24, 2.45) is 0 Å². The summed E-state index contributed by atoms with van der Waals surface area (Å²) in [6.07, 6.45) is -2.76. The summed E-state index contributed by atoms with van der Waals surface area (Å²) in [5.74, 6) is 0.595. The van der Waals surface area contributed by atoms with E-state index in [1.807, 2.05) is 0 Å². The van der Waals surface area contributed by atoms with Crippen molar-refractivity contribution >= 4 is 22.9 Å². The highest BCUT2D eigenvalue weighted by atomic mass is 16.6. The lowest BCUT2D eigenvalue weighted by molar-refractivity contribution is -0.0511. The molecule has 0 aromatic carbocycles. The molecule has 10 heteroatoms. The summed E-state index contributed by atoms with van der Waals surface area (Å²) in [6, 6.07) is 0. The van der Waals surface area contributed by atoms with Gasteiger partial charge in [-0.05, 0) is 0 Å². The fourth-order valence-electron chi connectivity index (χ4n) is 2.53. The lowest BCUT2D eigenvalue weighted by Crippen LogP contribution is -2.33. The molecule has 1 saturated heterocycles. The maximum Gasteiger partial charge on any atom is 0.224 e. The van der Waals surface area contributed by atoms with Gasteiger partial charge in [-0.1, -0.05) is 0 Å². The molecule has 2 aromatic rings. The molecule has 4 atom stereocenters. The minimum absolute atomic E-state index is 0.0599. The van der Waals surface area contributed by atoms with E-state index >= 15 is 0 Å². The number of ether oxygens (including phenoxy) is 1. The minimum atomic E-state index is -1.21. The topological polar surface area (TPSA) is 143 Å². The number of fused-ring (bicyclic) bond motifs is 1. The van der Waals surface area contributed by atoms with Gasteiger partial charge in [-0.2, -0.15) is 9.97 Å². The smallest absolute Gasteiger partial charge is 0.224 e. The monoisotopic (exact) mass is 310 g/mol. The van der Waals surface area contributed by atoms with Crippen LogP contribution < -0.4 is 10.6 Å². The average molecular weight is 310 g/mol. The van der Waals surface area contributed by atoms with E-state index in [4.69, 9.17) is 10.5 Å². The summed E-state index contributed by atoms with van der Waals surface area (Å²) in [5.41, 5.74) is 6.60. The zero-order valence-electron chi connectivity index (χ0n) is 12.2. The Morgan fingerprint density at radius 3 is 2.64 bits per heavy atom. The van der Waals surface area contributed by atoms with Gasteiger partial charge in [0, 0.05) is 14.1 Å². The van der Waals surface area contributed by atoms with Gasteiger partial charge < -0.3 is 30.7 Å². The number of nitrogen functional groups attached to an aromatic ring is 1. The molecule has 0 radical (unpaired) electrons. The van der Waals surface area contributed by atoms with Crippen LogP contribution in [0.5, 0.6) is 0 Å². The van der Waals surface area contributed by atoms with Gasteiger partial charge in [0.2, 0.25) is 5.95 Å². The SMILES string of the molecule is CN(C)c1nc(N)nc2c1ncn2C1OC(CO)C(O)C1O. The van der Waals surface area contributed by atoms with Crippen LogP contribution in [0.15, 0.2) is 6.33 Å². The second-order valence-corrected chi connectivity index (χ2v) is 5.35. The van der Waals surface area contributed by atoms with Crippen LogP contribution in [-0.4, -0.2) is 73.9 Å². The highest BCUT2D eigenvalue weighted by molar-refractivity contribution is 5.84. The van der Waals surface area contributed by atoms with Crippen molar-refractivity contribution in [1.29, 1.82) is 0 Å². The summed E-state index contributed by atoms with van der Waals surface area (Å²) in [4.78, 5) is 14.3. The molecule has 0 amide bonds. The third kappa shape index (κ3) is 2.16. The highest BCUT2D eigenvalue weighted by Crippen LogP contribution is 2.32. The first-order valence-corrected chi connectivity index (χ1v) is 6.74. The third-order valence-electron chi connectivity index (χ3n) is 3.64. The van der Waals surface area contributed by atoms with Crippen LogP contribution in [0.25, 0.3) is 11.2 Å². The Balaban J connectivity index is 2.09. The summed E-state index contributed by atoms with van der Waals surface area (Å²) in [5, 5.41) is 29.2. The number of anilines is 2. The third-order valence-corrected chi connectivity index (χ3v) is 3.64. The molecule has 3 rings (SSSR count). The number of aliphatic hydroxyl groups is 3. The molecule has 1 aliphatic heterocycles. The fourth-order valence-corrected chi connectivity index (χ4v) is 2.53. The fraction of sp³-hybridized carbons (Fsp3) is 0.583. The standard InChI is InChI=1S/C12H18N6O4/c1-17(2)9-6-10(16-12(13)15-9)18(4-14-6)11-8(21)7(20)5(3-19)22-11/h4-5,7-8,11,19-21H,3H2,1-2H3,(H2,13,15,16). The number of hydrogen-bond donors (Lipinski definition) is 4. The Bertz CT molecular complexity index is 690. The van der Waals surface area contributed by atoms with E-state index in [1.165, 1.54) is 10.9 Å². The summed E-state index contributed by atoms with van der Waals surface area (Å²) in [7, 11) is 3.60. The first-order valence-electron chi connectivity index (χ1n) is 6.74. The van der Waals surface area contributed by atoms with E-state index < -0.39 is 31.1 Å². The van der Waals surface area contributed by atoms with Gasteiger partial charge in [0.15, 0.2) is 23.2 Å². The molecule has 0 aliphatic carbocycles. The maximum atomic E-state index is 10.1. The van der Waals surface area contributed by atoms with E-state index in [-0.39, 0.29) is 5.95 Å². The number of rotatable bonds is 3. The summed E-state index contributed by atoms with van der Waals surface area (Å²) in [6.45, 7) is -0.401. The second kappa shape index (κ2) is 5.32. The molecule has 3 heterocycles. The number of hydrogen-bond acceptors (Lipinski definition) is 9. The molecule has 2 aromatic heterocycles. The van der Waals surface area contributed by atoms with Gasteiger partial charge in [0.05, 0.1) is 12.9 Å².